The number of benzene rings is 6. The number of hydrogen-bond donors (Lipinski definition) is 0. The molecule has 34 heavy (non-hydrogen) atoms. The van der Waals surface area contributed by atoms with Gasteiger partial charge in [0.1, 0.15) is 0 Å². The Bertz CT molecular complexity index is 2060. The fraction of sp³-hybridized carbons (Fsp3) is 0. The predicted molar refractivity (Wildman–Crippen MR) is 149 cm³/mol. The lowest BCUT2D eigenvalue weighted by Gasteiger charge is -2.09. The number of rotatable bonds is 1. The average Bonchev–Trinajstić information content (AvgIpc) is 3.43. The number of fused-ring (bicyclic) bond motifs is 10. The van der Waals surface area contributed by atoms with Gasteiger partial charge >= 0.3 is 0 Å². The number of aromatic nitrogens is 1. The standard InChI is InChI=1S/C32H19NS/c1-2-8-22(9-3-1)33-28-12-6-4-10-23(28)27-19-26-21(18-29(27)33)15-14-20-16-17-25-24-11-5-7-13-30(24)34-32(25)31(20)26/h1-19H. The first-order chi connectivity index (χ1) is 16.9. The molecule has 0 bridgehead atoms. The van der Waals surface area contributed by atoms with Gasteiger partial charge in [0.2, 0.25) is 0 Å². The van der Waals surface area contributed by atoms with Crippen LogP contribution in [0.4, 0.5) is 0 Å². The van der Waals surface area contributed by atoms with Crippen molar-refractivity contribution in [2.24, 2.45) is 0 Å². The Hall–Kier alpha value is -4.14. The minimum Gasteiger partial charge on any atom is -0.309 e. The van der Waals surface area contributed by atoms with Crippen molar-refractivity contribution in [3.63, 3.8) is 0 Å². The highest BCUT2D eigenvalue weighted by Crippen LogP contribution is 2.43. The van der Waals surface area contributed by atoms with Crippen molar-refractivity contribution in [1.29, 1.82) is 0 Å². The molecule has 0 radical (unpaired) electrons. The van der Waals surface area contributed by atoms with Crippen LogP contribution in [-0.4, -0.2) is 4.57 Å². The summed E-state index contributed by atoms with van der Waals surface area (Å²) in [6.45, 7) is 0. The first-order valence-corrected chi connectivity index (χ1v) is 12.4. The maximum atomic E-state index is 2.43. The molecule has 0 spiro atoms. The Morgan fingerprint density at radius 3 is 2.12 bits per heavy atom. The molecule has 0 fully saturated rings. The zero-order valence-corrected chi connectivity index (χ0v) is 19.1. The molecule has 0 unspecified atom stereocenters. The van der Waals surface area contributed by atoms with Gasteiger partial charge in [-0.05, 0) is 52.6 Å². The van der Waals surface area contributed by atoms with Crippen LogP contribution in [0.5, 0.6) is 0 Å². The summed E-state index contributed by atoms with van der Waals surface area (Å²) in [6, 6.07) is 42.2. The van der Waals surface area contributed by atoms with E-state index in [-0.39, 0.29) is 0 Å². The second-order valence-corrected chi connectivity index (χ2v) is 10.0. The Kier molecular flexibility index (Phi) is 3.60. The molecule has 2 heterocycles. The monoisotopic (exact) mass is 449 g/mol. The third kappa shape index (κ3) is 2.38. The molecule has 0 amide bonds. The minimum atomic E-state index is 1.20. The van der Waals surface area contributed by atoms with Gasteiger partial charge in [-0.15, -0.1) is 11.3 Å². The molecular formula is C32H19NS. The summed E-state index contributed by atoms with van der Waals surface area (Å²) < 4.78 is 5.13. The first-order valence-electron chi connectivity index (χ1n) is 11.6. The summed E-state index contributed by atoms with van der Waals surface area (Å²) in [5.41, 5.74) is 3.69. The van der Waals surface area contributed by atoms with E-state index in [1.807, 2.05) is 11.3 Å². The van der Waals surface area contributed by atoms with E-state index in [0.717, 1.165) is 0 Å². The lowest BCUT2D eigenvalue weighted by Crippen LogP contribution is -1.93. The molecule has 6 aromatic carbocycles. The third-order valence-electron chi connectivity index (χ3n) is 7.15. The highest BCUT2D eigenvalue weighted by Gasteiger charge is 2.16. The van der Waals surface area contributed by atoms with Crippen molar-refractivity contribution in [1.82, 2.24) is 4.57 Å². The maximum Gasteiger partial charge on any atom is 0.0547 e. The lowest BCUT2D eigenvalue weighted by atomic mass is 9.98. The minimum absolute atomic E-state index is 1.20. The van der Waals surface area contributed by atoms with Crippen LogP contribution < -0.4 is 0 Å². The predicted octanol–water partition coefficient (Wildman–Crippen LogP) is 9.46. The van der Waals surface area contributed by atoms with Crippen molar-refractivity contribution in [3.8, 4) is 5.69 Å². The van der Waals surface area contributed by atoms with Gasteiger partial charge < -0.3 is 4.57 Å². The van der Waals surface area contributed by atoms with Gasteiger partial charge in [0.05, 0.1) is 11.0 Å². The van der Waals surface area contributed by atoms with Gasteiger partial charge in [0.15, 0.2) is 0 Å². The fourth-order valence-corrected chi connectivity index (χ4v) is 6.91. The smallest absolute Gasteiger partial charge is 0.0547 e. The van der Waals surface area contributed by atoms with Crippen LogP contribution in [0.25, 0.3) is 69.2 Å². The molecular weight excluding hydrogens is 430 g/mol. The van der Waals surface area contributed by atoms with Crippen LogP contribution in [0.1, 0.15) is 0 Å². The summed E-state index contributed by atoms with van der Waals surface area (Å²) in [5, 5.41) is 10.6. The fourth-order valence-electron chi connectivity index (χ4n) is 5.64. The average molecular weight is 450 g/mol. The normalized spacial score (nSPS) is 12.1. The van der Waals surface area contributed by atoms with Crippen molar-refractivity contribution < 1.29 is 0 Å². The molecule has 2 heteroatoms. The van der Waals surface area contributed by atoms with Crippen LogP contribution in [0, 0.1) is 0 Å². The summed E-state index contributed by atoms with van der Waals surface area (Å²) in [6.07, 6.45) is 0. The van der Waals surface area contributed by atoms with Crippen molar-refractivity contribution >= 4 is 74.9 Å². The summed E-state index contributed by atoms with van der Waals surface area (Å²) in [5.74, 6) is 0. The Balaban J connectivity index is 1.59. The molecule has 0 aliphatic heterocycles. The van der Waals surface area contributed by atoms with Crippen molar-refractivity contribution in [2.45, 2.75) is 0 Å². The van der Waals surface area contributed by atoms with E-state index < -0.39 is 0 Å². The van der Waals surface area contributed by atoms with E-state index in [9.17, 15) is 0 Å². The summed E-state index contributed by atoms with van der Waals surface area (Å²) in [7, 11) is 0. The largest absolute Gasteiger partial charge is 0.309 e. The van der Waals surface area contributed by atoms with Crippen LogP contribution in [0.3, 0.4) is 0 Å². The second-order valence-electron chi connectivity index (χ2n) is 8.98. The van der Waals surface area contributed by atoms with Gasteiger partial charge in [-0.3, -0.25) is 0 Å². The molecule has 2 aromatic heterocycles. The zero-order chi connectivity index (χ0) is 22.2. The van der Waals surface area contributed by atoms with E-state index in [1.165, 1.54) is 69.2 Å². The Labute approximate surface area is 200 Å². The molecule has 158 valence electrons. The van der Waals surface area contributed by atoms with E-state index in [4.69, 9.17) is 0 Å². The summed E-state index contributed by atoms with van der Waals surface area (Å²) in [4.78, 5) is 0. The van der Waals surface area contributed by atoms with E-state index >= 15 is 0 Å². The van der Waals surface area contributed by atoms with Gasteiger partial charge in [-0.25, -0.2) is 0 Å². The Morgan fingerprint density at radius 2 is 1.21 bits per heavy atom. The maximum absolute atomic E-state index is 2.43. The van der Waals surface area contributed by atoms with E-state index in [1.54, 1.807) is 0 Å². The van der Waals surface area contributed by atoms with Crippen LogP contribution in [0.15, 0.2) is 115 Å². The molecule has 0 saturated heterocycles. The number of nitrogens with zero attached hydrogens (tertiary/aromatic N) is 1. The van der Waals surface area contributed by atoms with Crippen LogP contribution in [0.2, 0.25) is 0 Å². The highest BCUT2D eigenvalue weighted by atomic mass is 32.1. The molecule has 0 aliphatic carbocycles. The topological polar surface area (TPSA) is 4.93 Å². The first kappa shape index (κ1) is 18.3. The van der Waals surface area contributed by atoms with E-state index in [2.05, 4.69) is 120 Å². The van der Waals surface area contributed by atoms with E-state index in [0.29, 0.717) is 0 Å². The quantitative estimate of drug-likeness (QED) is 0.220. The molecule has 0 aliphatic rings. The van der Waals surface area contributed by atoms with Gasteiger partial charge in [-0.1, -0.05) is 78.9 Å². The molecule has 8 rings (SSSR count). The van der Waals surface area contributed by atoms with Crippen LogP contribution >= 0.6 is 11.3 Å². The number of para-hydroxylation sites is 2. The molecule has 0 N–H and O–H groups in total. The van der Waals surface area contributed by atoms with Crippen molar-refractivity contribution in [3.05, 3.63) is 115 Å². The summed E-state index contributed by atoms with van der Waals surface area (Å²) >= 11 is 1.91. The van der Waals surface area contributed by atoms with Gasteiger partial charge in [-0.2, -0.15) is 0 Å². The number of thiophene rings is 1. The Morgan fingerprint density at radius 1 is 0.471 bits per heavy atom. The van der Waals surface area contributed by atoms with Crippen molar-refractivity contribution in [2.75, 3.05) is 0 Å². The SMILES string of the molecule is c1ccc(-n2c3ccccc3c3cc4c(ccc5ccc6c7ccccc7sc6c54)cc32)cc1. The second kappa shape index (κ2) is 6.69. The van der Waals surface area contributed by atoms with Gasteiger partial charge in [0.25, 0.3) is 0 Å². The third-order valence-corrected chi connectivity index (χ3v) is 8.35. The van der Waals surface area contributed by atoms with Gasteiger partial charge in [0, 0.05) is 42.0 Å². The number of hydrogen-bond acceptors (Lipinski definition) is 1. The molecule has 8 aromatic rings. The lowest BCUT2D eigenvalue weighted by molar-refractivity contribution is 1.18. The molecule has 0 saturated carbocycles. The molecule has 1 nitrogen and oxygen atoms in total. The zero-order valence-electron chi connectivity index (χ0n) is 18.3. The molecule has 0 atom stereocenters. The van der Waals surface area contributed by atoms with Crippen LogP contribution in [-0.2, 0) is 0 Å². The highest BCUT2D eigenvalue weighted by molar-refractivity contribution is 7.26.